The van der Waals surface area contributed by atoms with Crippen molar-refractivity contribution in [3.63, 3.8) is 0 Å². The number of aromatic nitrogens is 5. The standard InChI is InChI=1S/C18H21N5O3/c1-5-14(18(25)26-6-2)22-10-19-16-15(17(22)24)20-21-23(16)13-8-11(3)7-12(4)9-13/h7-10,14H,5-6H2,1-4H3/t14-/m1/s1. The van der Waals surface area contributed by atoms with Gasteiger partial charge in [0.2, 0.25) is 0 Å². The van der Waals surface area contributed by atoms with Crippen LogP contribution in [0.15, 0.2) is 29.3 Å². The van der Waals surface area contributed by atoms with Crippen LogP contribution in [0.5, 0.6) is 0 Å². The molecule has 1 aromatic carbocycles. The van der Waals surface area contributed by atoms with Crippen LogP contribution in [0.25, 0.3) is 16.9 Å². The van der Waals surface area contributed by atoms with Crippen molar-refractivity contribution in [3.8, 4) is 5.69 Å². The van der Waals surface area contributed by atoms with E-state index in [0.29, 0.717) is 12.1 Å². The van der Waals surface area contributed by atoms with Crippen molar-refractivity contribution in [2.24, 2.45) is 0 Å². The number of nitrogens with zero attached hydrogens (tertiary/aromatic N) is 5. The average molecular weight is 355 g/mol. The van der Waals surface area contributed by atoms with Gasteiger partial charge in [-0.1, -0.05) is 18.2 Å². The van der Waals surface area contributed by atoms with E-state index in [0.717, 1.165) is 16.8 Å². The third-order valence-corrected chi connectivity index (χ3v) is 4.12. The van der Waals surface area contributed by atoms with Crippen LogP contribution in [-0.2, 0) is 9.53 Å². The predicted molar refractivity (Wildman–Crippen MR) is 96.4 cm³/mol. The van der Waals surface area contributed by atoms with E-state index in [1.54, 1.807) is 6.92 Å². The Morgan fingerprint density at radius 1 is 1.19 bits per heavy atom. The summed E-state index contributed by atoms with van der Waals surface area (Å²) < 4.78 is 7.85. The number of ether oxygens (including phenoxy) is 1. The van der Waals surface area contributed by atoms with E-state index in [9.17, 15) is 9.59 Å². The largest absolute Gasteiger partial charge is 0.464 e. The van der Waals surface area contributed by atoms with Crippen molar-refractivity contribution in [2.75, 3.05) is 6.61 Å². The molecule has 0 unspecified atom stereocenters. The molecule has 8 nitrogen and oxygen atoms in total. The number of rotatable bonds is 5. The van der Waals surface area contributed by atoms with E-state index in [2.05, 4.69) is 15.3 Å². The molecular formula is C18H21N5O3. The Bertz CT molecular complexity index is 1000. The predicted octanol–water partition coefficient (Wildman–Crippen LogP) is 2.11. The zero-order chi connectivity index (χ0) is 18.8. The maximum atomic E-state index is 12.8. The van der Waals surface area contributed by atoms with Gasteiger partial charge in [0.05, 0.1) is 12.3 Å². The molecule has 0 saturated heterocycles. The van der Waals surface area contributed by atoms with Gasteiger partial charge in [0.15, 0.2) is 11.2 Å². The van der Waals surface area contributed by atoms with E-state index in [1.807, 2.05) is 39.0 Å². The molecule has 2 heterocycles. The molecule has 136 valence electrons. The van der Waals surface area contributed by atoms with Gasteiger partial charge in [0, 0.05) is 0 Å². The highest BCUT2D eigenvalue weighted by Gasteiger charge is 2.23. The van der Waals surface area contributed by atoms with Crippen LogP contribution < -0.4 is 5.56 Å². The molecule has 0 radical (unpaired) electrons. The third kappa shape index (κ3) is 3.10. The van der Waals surface area contributed by atoms with Gasteiger partial charge < -0.3 is 4.74 Å². The van der Waals surface area contributed by atoms with Crippen molar-refractivity contribution in [3.05, 3.63) is 46.0 Å². The molecule has 0 aliphatic heterocycles. The monoisotopic (exact) mass is 355 g/mol. The number of carbonyl (C=O) groups is 1. The fourth-order valence-electron chi connectivity index (χ4n) is 3.01. The molecule has 0 aliphatic rings. The van der Waals surface area contributed by atoms with Gasteiger partial charge in [0.25, 0.3) is 5.56 Å². The molecule has 3 rings (SSSR count). The maximum Gasteiger partial charge on any atom is 0.329 e. The number of carbonyl (C=O) groups excluding carboxylic acids is 1. The summed E-state index contributed by atoms with van der Waals surface area (Å²) in [7, 11) is 0. The fourth-order valence-corrected chi connectivity index (χ4v) is 3.01. The Morgan fingerprint density at radius 2 is 1.88 bits per heavy atom. The van der Waals surface area contributed by atoms with Gasteiger partial charge in [-0.05, 0) is 50.5 Å². The zero-order valence-electron chi connectivity index (χ0n) is 15.3. The fraction of sp³-hybridized carbons (Fsp3) is 0.389. The lowest BCUT2D eigenvalue weighted by atomic mass is 10.1. The summed E-state index contributed by atoms with van der Waals surface area (Å²) in [6.45, 7) is 7.76. The molecule has 0 aliphatic carbocycles. The molecule has 8 heteroatoms. The molecule has 1 atom stereocenters. The highest BCUT2D eigenvalue weighted by Crippen LogP contribution is 2.17. The molecule has 0 N–H and O–H groups in total. The third-order valence-electron chi connectivity index (χ3n) is 4.12. The van der Waals surface area contributed by atoms with Gasteiger partial charge in [-0.2, -0.15) is 4.68 Å². The number of esters is 1. The van der Waals surface area contributed by atoms with E-state index < -0.39 is 17.6 Å². The Kier molecular flexibility index (Phi) is 4.83. The lowest BCUT2D eigenvalue weighted by molar-refractivity contribution is -0.147. The first-order valence-electron chi connectivity index (χ1n) is 8.54. The zero-order valence-corrected chi connectivity index (χ0v) is 15.3. The average Bonchev–Trinajstić information content (AvgIpc) is 3.02. The summed E-state index contributed by atoms with van der Waals surface area (Å²) in [5.74, 6) is -0.458. The van der Waals surface area contributed by atoms with Gasteiger partial charge in [-0.15, -0.1) is 5.10 Å². The molecule has 2 aromatic heterocycles. The first-order chi connectivity index (χ1) is 12.5. The molecule has 3 aromatic rings. The van der Waals surface area contributed by atoms with Crippen LogP contribution in [0.2, 0.25) is 0 Å². The summed E-state index contributed by atoms with van der Waals surface area (Å²) in [4.78, 5) is 29.3. The number of hydrogen-bond donors (Lipinski definition) is 0. The lowest BCUT2D eigenvalue weighted by Crippen LogP contribution is -2.31. The summed E-state index contributed by atoms with van der Waals surface area (Å²) in [5.41, 5.74) is 3.00. The topological polar surface area (TPSA) is 91.9 Å². The maximum absolute atomic E-state index is 12.8. The smallest absolute Gasteiger partial charge is 0.329 e. The van der Waals surface area contributed by atoms with Crippen molar-refractivity contribution < 1.29 is 9.53 Å². The Labute approximate surface area is 150 Å². The summed E-state index contributed by atoms with van der Waals surface area (Å²) in [6.07, 6.45) is 1.77. The molecule has 0 saturated carbocycles. The Balaban J connectivity index is 2.12. The van der Waals surface area contributed by atoms with Crippen molar-refractivity contribution in [1.82, 2.24) is 24.5 Å². The van der Waals surface area contributed by atoms with Crippen LogP contribution in [0, 0.1) is 13.8 Å². The second kappa shape index (κ2) is 7.07. The summed E-state index contributed by atoms with van der Waals surface area (Å²) in [5, 5.41) is 8.09. The van der Waals surface area contributed by atoms with Crippen LogP contribution in [0.1, 0.15) is 37.4 Å². The molecule has 26 heavy (non-hydrogen) atoms. The molecular weight excluding hydrogens is 334 g/mol. The second-order valence-corrected chi connectivity index (χ2v) is 6.15. The van der Waals surface area contributed by atoms with Crippen LogP contribution in [0.3, 0.4) is 0 Å². The molecule has 0 spiro atoms. The van der Waals surface area contributed by atoms with Crippen LogP contribution in [-0.4, -0.2) is 37.1 Å². The lowest BCUT2D eigenvalue weighted by Gasteiger charge is -2.15. The summed E-state index contributed by atoms with van der Waals surface area (Å²) >= 11 is 0. The van der Waals surface area contributed by atoms with Crippen LogP contribution >= 0.6 is 0 Å². The summed E-state index contributed by atoms with van der Waals surface area (Å²) in [6, 6.07) is 5.21. The van der Waals surface area contributed by atoms with Crippen molar-refractivity contribution in [1.29, 1.82) is 0 Å². The van der Waals surface area contributed by atoms with Gasteiger partial charge >= 0.3 is 5.97 Å². The van der Waals surface area contributed by atoms with Crippen LogP contribution in [0.4, 0.5) is 0 Å². The minimum absolute atomic E-state index is 0.120. The van der Waals surface area contributed by atoms with E-state index in [1.165, 1.54) is 15.6 Å². The van der Waals surface area contributed by atoms with Crippen molar-refractivity contribution in [2.45, 2.75) is 40.2 Å². The first kappa shape index (κ1) is 17.8. The molecule has 0 bridgehead atoms. The van der Waals surface area contributed by atoms with E-state index in [-0.39, 0.29) is 12.1 Å². The molecule has 0 fully saturated rings. The van der Waals surface area contributed by atoms with Gasteiger partial charge in [-0.3, -0.25) is 9.36 Å². The Hall–Kier alpha value is -3.03. The molecule has 0 amide bonds. The quantitative estimate of drug-likeness (QED) is 0.651. The normalized spacial score (nSPS) is 12.3. The minimum atomic E-state index is -0.731. The van der Waals surface area contributed by atoms with Gasteiger partial charge in [0.1, 0.15) is 12.4 Å². The van der Waals surface area contributed by atoms with E-state index in [4.69, 9.17) is 4.74 Å². The number of benzene rings is 1. The first-order valence-corrected chi connectivity index (χ1v) is 8.54. The van der Waals surface area contributed by atoms with Crippen molar-refractivity contribution >= 4 is 17.1 Å². The highest BCUT2D eigenvalue weighted by molar-refractivity contribution is 5.75. The second-order valence-electron chi connectivity index (χ2n) is 6.15. The highest BCUT2D eigenvalue weighted by atomic mass is 16.5. The number of aryl methyl sites for hydroxylation is 2. The number of fused-ring (bicyclic) bond motifs is 1. The number of hydrogen-bond acceptors (Lipinski definition) is 6. The SMILES string of the molecule is CCOC(=O)[C@@H](CC)n1cnc2c(nnn2-c2cc(C)cc(C)c2)c1=O. The Morgan fingerprint density at radius 3 is 2.50 bits per heavy atom. The van der Waals surface area contributed by atoms with E-state index >= 15 is 0 Å². The minimum Gasteiger partial charge on any atom is -0.464 e. The van der Waals surface area contributed by atoms with Gasteiger partial charge in [-0.25, -0.2) is 9.78 Å².